The van der Waals surface area contributed by atoms with Crippen molar-refractivity contribution in [3.8, 4) is 44.9 Å². The van der Waals surface area contributed by atoms with Gasteiger partial charge in [0.15, 0.2) is 4.96 Å². The number of para-hydroxylation sites is 3. The van der Waals surface area contributed by atoms with Crippen molar-refractivity contribution in [2.45, 2.75) is 46.9 Å². The van der Waals surface area contributed by atoms with Crippen LogP contribution in [-0.2, 0) is 6.37 Å². The molecule has 2 aromatic heterocycles. The van der Waals surface area contributed by atoms with Crippen molar-refractivity contribution in [2.75, 3.05) is 0 Å². The van der Waals surface area contributed by atoms with Crippen LogP contribution in [0.25, 0.3) is 59.6 Å². The minimum Gasteiger partial charge on any atom is -0.457 e. The molecule has 6 aromatic carbocycles. The first-order valence-electron chi connectivity index (χ1n) is 21.6. The Labute approximate surface area is 307 Å². The number of hydrogen-bond donors (Lipinski definition) is 0. The van der Waals surface area contributed by atoms with Crippen molar-refractivity contribution in [3.63, 3.8) is 0 Å². The van der Waals surface area contributed by atoms with E-state index in [9.17, 15) is 0 Å². The summed E-state index contributed by atoms with van der Waals surface area (Å²) in [6.07, 6.45) is -1.84. The van der Waals surface area contributed by atoms with Gasteiger partial charge in [-0.1, -0.05) is 104 Å². The third-order valence-electron chi connectivity index (χ3n) is 9.88. The third-order valence-corrected chi connectivity index (χ3v) is 14.5. The molecule has 3 heterocycles. The summed E-state index contributed by atoms with van der Waals surface area (Å²) in [6.45, 7) is -2.20. The number of benzene rings is 6. The van der Waals surface area contributed by atoms with E-state index in [0.29, 0.717) is 38.7 Å². The van der Waals surface area contributed by atoms with E-state index in [-0.39, 0.29) is 33.4 Å². The number of aryl methyl sites for hydroxylation is 4. The molecule has 0 bridgehead atoms. The molecule has 0 aliphatic carbocycles. The molecule has 8 aromatic rings. The second-order valence-electron chi connectivity index (χ2n) is 13.0. The molecule has 240 valence electrons. The molecule has 1 aliphatic heterocycles. The molecule has 3 nitrogen and oxygen atoms in total. The monoisotopic (exact) mass is 681 g/mol. The predicted octanol–water partition coefficient (Wildman–Crippen LogP) is 11.1. The lowest BCUT2D eigenvalue weighted by Crippen LogP contribution is -2.56. The van der Waals surface area contributed by atoms with Crippen LogP contribution < -0.4 is 15.1 Å². The van der Waals surface area contributed by atoms with E-state index in [1.807, 2.05) is 65.1 Å². The molecule has 9 rings (SSSR count). The van der Waals surface area contributed by atoms with E-state index in [0.717, 1.165) is 31.6 Å². The molecule has 0 N–H and O–H groups in total. The summed E-state index contributed by atoms with van der Waals surface area (Å²) in [5.41, 5.74) is 4.46. The first-order valence-corrected chi connectivity index (χ1v) is 20.0. The fraction of sp³-hybridized carbons (Fsp3) is 0.159. The minimum absolute atomic E-state index is 0.0135. The largest absolute Gasteiger partial charge is 0.457 e. The molecular formula is C44H38N2OSSi. The van der Waals surface area contributed by atoms with Crippen LogP contribution in [-0.4, -0.2) is 17.5 Å². The van der Waals surface area contributed by atoms with Gasteiger partial charge < -0.3 is 4.74 Å². The van der Waals surface area contributed by atoms with Gasteiger partial charge in [0.25, 0.3) is 0 Å². The van der Waals surface area contributed by atoms with Gasteiger partial charge >= 0.3 is 0 Å². The predicted molar refractivity (Wildman–Crippen MR) is 211 cm³/mol. The minimum atomic E-state index is -2.71. The van der Waals surface area contributed by atoms with Crippen LogP contribution in [0.15, 0.2) is 109 Å². The summed E-state index contributed by atoms with van der Waals surface area (Å²) in [7, 11) is -2.45. The second kappa shape index (κ2) is 11.0. The number of imidazole rings is 1. The van der Waals surface area contributed by atoms with Gasteiger partial charge in [0, 0.05) is 26.2 Å². The van der Waals surface area contributed by atoms with Crippen LogP contribution >= 0.6 is 11.3 Å². The highest BCUT2D eigenvalue weighted by atomic mass is 32.1. The van der Waals surface area contributed by atoms with E-state index in [1.54, 1.807) is 36.4 Å². The Bertz CT molecular complexity index is 3060. The lowest BCUT2D eigenvalue weighted by molar-refractivity contribution is 0.488. The molecule has 0 saturated heterocycles. The van der Waals surface area contributed by atoms with Gasteiger partial charge in [-0.05, 0) is 118 Å². The zero-order valence-electron chi connectivity index (χ0n) is 38.1. The zero-order chi connectivity index (χ0) is 42.9. The molecule has 49 heavy (non-hydrogen) atoms. The molecule has 0 unspecified atom stereocenters. The molecule has 0 spiro atoms. The van der Waals surface area contributed by atoms with Gasteiger partial charge in [0.2, 0.25) is 0 Å². The molecular weight excluding hydrogens is 633 g/mol. The van der Waals surface area contributed by atoms with E-state index in [4.69, 9.17) is 24.8 Å². The first-order chi connectivity index (χ1) is 28.0. The Morgan fingerprint density at radius 3 is 2.18 bits per heavy atom. The molecule has 0 atom stereocenters. The normalized spacial score (nSPS) is 17.9. The van der Waals surface area contributed by atoms with Crippen LogP contribution in [0.4, 0.5) is 0 Å². The van der Waals surface area contributed by atoms with Crippen LogP contribution in [0.5, 0.6) is 11.5 Å². The van der Waals surface area contributed by atoms with E-state index < -0.39 is 35.0 Å². The van der Waals surface area contributed by atoms with Crippen molar-refractivity contribution < 1.29 is 19.8 Å². The number of ether oxygens (including phenoxy) is 1. The van der Waals surface area contributed by atoms with Gasteiger partial charge in [0.1, 0.15) is 19.6 Å². The average molecular weight is 682 g/mol. The number of aromatic nitrogens is 2. The van der Waals surface area contributed by atoms with Crippen LogP contribution in [0, 0.1) is 20.6 Å². The highest BCUT2D eigenvalue weighted by Gasteiger charge is 2.37. The third kappa shape index (κ3) is 4.49. The summed E-state index contributed by atoms with van der Waals surface area (Å²) in [5, 5.41) is 1.93. The highest BCUT2D eigenvalue weighted by Crippen LogP contribution is 2.44. The highest BCUT2D eigenvalue weighted by molar-refractivity contribution is 7.24. The van der Waals surface area contributed by atoms with Crippen molar-refractivity contribution in [1.29, 1.82) is 0 Å². The maximum absolute atomic E-state index is 8.92. The smallest absolute Gasteiger partial charge is 0.195 e. The molecule has 5 heteroatoms. The lowest BCUT2D eigenvalue weighted by Gasteiger charge is -2.34. The maximum Gasteiger partial charge on any atom is 0.195 e. The number of thiazole rings is 1. The number of nitrogens with zero attached hydrogens (tertiary/aromatic N) is 2. The van der Waals surface area contributed by atoms with Crippen LogP contribution in [0.1, 0.15) is 44.3 Å². The van der Waals surface area contributed by atoms with Crippen molar-refractivity contribution in [2.24, 2.45) is 0 Å². The van der Waals surface area contributed by atoms with Gasteiger partial charge in [-0.25, -0.2) is 4.98 Å². The number of hydrogen-bond acceptors (Lipinski definition) is 3. The fourth-order valence-corrected chi connectivity index (χ4v) is 11.4. The quantitative estimate of drug-likeness (QED) is 0.173. The van der Waals surface area contributed by atoms with Gasteiger partial charge in [-0.2, -0.15) is 0 Å². The summed E-state index contributed by atoms with van der Waals surface area (Å²) in [5.74, 6) is 1.00. The van der Waals surface area contributed by atoms with Gasteiger partial charge in [-0.15, -0.1) is 0 Å². The summed E-state index contributed by atoms with van der Waals surface area (Å²) in [4.78, 5) is 5.55. The van der Waals surface area contributed by atoms with Crippen molar-refractivity contribution in [1.82, 2.24) is 9.38 Å². The van der Waals surface area contributed by atoms with E-state index in [1.165, 1.54) is 30.4 Å². The zero-order valence-corrected chi connectivity index (χ0v) is 28.9. The Kier molecular flexibility index (Phi) is 4.62. The standard InChI is InChI=1S/C44H38N2OSSi/c1-7-29-21-22-36-43(48-44-45-34-12-8-9-13-35(34)46(36)44)41(29)31-20-17-27(3)33(25-31)32-24-30(19-16-26(32)2)40-28(4)18-23-39-42(40)47-37-14-10-11-15-38(37)49(39,5)6/h8-25H,7H2,1-6H3/i2D3,3D3,4D3,7D2. The Morgan fingerprint density at radius 1 is 0.735 bits per heavy atom. The summed E-state index contributed by atoms with van der Waals surface area (Å²) < 4.78 is 105. The van der Waals surface area contributed by atoms with Crippen molar-refractivity contribution >= 4 is 56.0 Å². The molecule has 0 radical (unpaired) electrons. The first kappa shape index (κ1) is 20.5. The topological polar surface area (TPSA) is 26.5 Å². The molecule has 0 fully saturated rings. The number of rotatable bonds is 4. The molecule has 1 aliphatic rings. The Hall–Kier alpha value is -4.97. The second-order valence-corrected chi connectivity index (χ2v) is 18.3. The number of fused-ring (bicyclic) bond motifs is 7. The van der Waals surface area contributed by atoms with E-state index >= 15 is 0 Å². The van der Waals surface area contributed by atoms with Gasteiger partial charge in [-0.3, -0.25) is 4.40 Å². The van der Waals surface area contributed by atoms with Gasteiger partial charge in [0.05, 0.1) is 21.3 Å². The van der Waals surface area contributed by atoms with Crippen LogP contribution in [0.2, 0.25) is 13.1 Å². The van der Waals surface area contributed by atoms with E-state index in [2.05, 4.69) is 13.1 Å². The lowest BCUT2D eigenvalue weighted by atomic mass is 9.88. The Morgan fingerprint density at radius 2 is 1.43 bits per heavy atom. The average Bonchev–Trinajstić information content (AvgIpc) is 3.71. The summed E-state index contributed by atoms with van der Waals surface area (Å²) >= 11 is 1.39. The summed E-state index contributed by atoms with van der Waals surface area (Å²) in [6, 6.07) is 31.8. The van der Waals surface area contributed by atoms with Crippen LogP contribution in [0.3, 0.4) is 0 Å². The molecule has 0 saturated carbocycles. The SMILES string of the molecule is [2H]C([2H])([2H])c1ccc(-c2c(C([2H])([2H])[2H])ccc3c2Oc2ccccc2[Si]3(C)C)cc1-c1cc(-c2c(C([2H])([2H])C)ccc3c2sc2nc4ccccc4n23)ccc1C([2H])([2H])[2H]. The molecule has 0 amide bonds. The maximum atomic E-state index is 8.92. The Balaban J connectivity index is 1.35. The van der Waals surface area contributed by atoms with Crippen molar-refractivity contribution in [3.05, 3.63) is 131 Å². The fourth-order valence-electron chi connectivity index (χ4n) is 7.38.